The molecule has 0 saturated heterocycles. The van der Waals surface area contributed by atoms with Crippen molar-refractivity contribution in [1.29, 1.82) is 0 Å². The fourth-order valence-electron chi connectivity index (χ4n) is 0.823. The van der Waals surface area contributed by atoms with Gasteiger partial charge in [0, 0.05) is 6.54 Å². The second-order valence-corrected chi connectivity index (χ2v) is 4.98. The van der Waals surface area contributed by atoms with Crippen LogP contribution >= 0.6 is 0 Å². The average Bonchev–Trinajstić information content (AvgIpc) is 2.01. The van der Waals surface area contributed by atoms with Crippen LogP contribution in [0.3, 0.4) is 0 Å². The summed E-state index contributed by atoms with van der Waals surface area (Å²) in [6.45, 7) is 12.0. The van der Waals surface area contributed by atoms with Crippen molar-refractivity contribution in [2.45, 2.75) is 34.6 Å². The van der Waals surface area contributed by atoms with Gasteiger partial charge < -0.3 is 10.1 Å². The van der Waals surface area contributed by atoms with Gasteiger partial charge in [0.2, 0.25) is 0 Å². The Balaban J connectivity index is 3.42. The molecule has 0 aromatic heterocycles. The molecule has 0 atom stereocenters. The molecule has 0 aliphatic heterocycles. The number of hydrogen-bond acceptors (Lipinski definition) is 3. The first-order valence-electron chi connectivity index (χ1n) is 5.22. The molecule has 0 aromatic rings. The molecule has 84 valence electrons. The lowest BCUT2D eigenvalue weighted by atomic mass is 9.97. The van der Waals surface area contributed by atoms with E-state index in [0.29, 0.717) is 12.5 Å². The van der Waals surface area contributed by atoms with Gasteiger partial charge in [-0.05, 0) is 33.2 Å². The quantitative estimate of drug-likeness (QED) is 0.544. The van der Waals surface area contributed by atoms with E-state index in [4.69, 9.17) is 4.74 Å². The SMILES string of the molecule is CC(C)CNCCOC(=O)C(C)(C)C. The normalized spacial score (nSPS) is 11.9. The highest BCUT2D eigenvalue weighted by atomic mass is 16.5. The lowest BCUT2D eigenvalue weighted by molar-refractivity contribution is -0.152. The molecule has 0 heterocycles. The molecule has 0 aliphatic rings. The van der Waals surface area contributed by atoms with Gasteiger partial charge >= 0.3 is 5.97 Å². The van der Waals surface area contributed by atoms with Crippen molar-refractivity contribution in [1.82, 2.24) is 5.32 Å². The lowest BCUT2D eigenvalue weighted by Gasteiger charge is -2.16. The molecular formula is C11H23NO2. The number of carbonyl (C=O) groups excluding carboxylic acids is 1. The number of nitrogens with one attached hydrogen (secondary N) is 1. The van der Waals surface area contributed by atoms with Crippen molar-refractivity contribution in [2.75, 3.05) is 19.7 Å². The second kappa shape index (κ2) is 6.02. The van der Waals surface area contributed by atoms with E-state index in [9.17, 15) is 4.79 Å². The van der Waals surface area contributed by atoms with Crippen LogP contribution in [-0.4, -0.2) is 25.7 Å². The van der Waals surface area contributed by atoms with Crippen molar-refractivity contribution in [3.63, 3.8) is 0 Å². The first kappa shape index (κ1) is 13.4. The Labute approximate surface area is 87.2 Å². The zero-order valence-corrected chi connectivity index (χ0v) is 10.0. The van der Waals surface area contributed by atoms with Gasteiger partial charge in [-0.25, -0.2) is 0 Å². The highest BCUT2D eigenvalue weighted by Gasteiger charge is 2.22. The molecule has 0 aromatic carbocycles. The average molecular weight is 201 g/mol. The van der Waals surface area contributed by atoms with Crippen LogP contribution in [0.25, 0.3) is 0 Å². The van der Waals surface area contributed by atoms with Gasteiger partial charge in [-0.2, -0.15) is 0 Å². The molecule has 0 saturated carbocycles. The molecule has 0 fully saturated rings. The van der Waals surface area contributed by atoms with Crippen LogP contribution in [-0.2, 0) is 9.53 Å². The second-order valence-electron chi connectivity index (χ2n) is 4.98. The van der Waals surface area contributed by atoms with Gasteiger partial charge in [0.05, 0.1) is 5.41 Å². The standard InChI is InChI=1S/C11H23NO2/c1-9(2)8-12-6-7-14-10(13)11(3,4)5/h9,12H,6-8H2,1-5H3. The minimum Gasteiger partial charge on any atom is -0.464 e. The van der Waals surface area contributed by atoms with Crippen molar-refractivity contribution >= 4 is 5.97 Å². The van der Waals surface area contributed by atoms with Crippen molar-refractivity contribution in [2.24, 2.45) is 11.3 Å². The van der Waals surface area contributed by atoms with Crippen LogP contribution in [0.2, 0.25) is 0 Å². The summed E-state index contributed by atoms with van der Waals surface area (Å²) in [6.07, 6.45) is 0. The fraction of sp³-hybridized carbons (Fsp3) is 0.909. The van der Waals surface area contributed by atoms with Crippen LogP contribution in [0.4, 0.5) is 0 Å². The molecular weight excluding hydrogens is 178 g/mol. The molecule has 0 unspecified atom stereocenters. The van der Waals surface area contributed by atoms with Crippen LogP contribution < -0.4 is 5.32 Å². The highest BCUT2D eigenvalue weighted by molar-refractivity contribution is 5.75. The van der Waals surface area contributed by atoms with Gasteiger partial charge in [-0.3, -0.25) is 4.79 Å². The number of ether oxygens (including phenoxy) is 1. The molecule has 0 aliphatic carbocycles. The first-order valence-corrected chi connectivity index (χ1v) is 5.22. The summed E-state index contributed by atoms with van der Waals surface area (Å²) in [5.74, 6) is 0.497. The lowest BCUT2D eigenvalue weighted by Crippen LogP contribution is -2.28. The van der Waals surface area contributed by atoms with Gasteiger partial charge in [-0.15, -0.1) is 0 Å². The van der Waals surface area contributed by atoms with Gasteiger partial charge in [0.25, 0.3) is 0 Å². The van der Waals surface area contributed by atoms with E-state index in [1.54, 1.807) is 0 Å². The summed E-state index contributed by atoms with van der Waals surface area (Å²) in [4.78, 5) is 11.3. The molecule has 1 N–H and O–H groups in total. The van der Waals surface area contributed by atoms with Crippen LogP contribution in [0.5, 0.6) is 0 Å². The van der Waals surface area contributed by atoms with E-state index >= 15 is 0 Å². The van der Waals surface area contributed by atoms with Gasteiger partial charge in [0.15, 0.2) is 0 Å². The Bertz CT molecular complexity index is 171. The van der Waals surface area contributed by atoms with Crippen molar-refractivity contribution in [3.8, 4) is 0 Å². The summed E-state index contributed by atoms with van der Waals surface area (Å²) >= 11 is 0. The third-order valence-corrected chi connectivity index (χ3v) is 1.68. The molecule has 0 rings (SSSR count). The first-order chi connectivity index (χ1) is 6.34. The molecule has 0 bridgehead atoms. The summed E-state index contributed by atoms with van der Waals surface area (Å²) in [5, 5.41) is 3.21. The molecule has 3 nitrogen and oxygen atoms in total. The molecule has 3 heteroatoms. The summed E-state index contributed by atoms with van der Waals surface area (Å²) in [6, 6.07) is 0. The number of carbonyl (C=O) groups is 1. The maximum Gasteiger partial charge on any atom is 0.311 e. The van der Waals surface area contributed by atoms with E-state index in [1.165, 1.54) is 0 Å². The van der Waals surface area contributed by atoms with E-state index < -0.39 is 5.41 Å². The van der Waals surface area contributed by atoms with Crippen molar-refractivity contribution in [3.05, 3.63) is 0 Å². The Morgan fingerprint density at radius 3 is 2.36 bits per heavy atom. The minimum absolute atomic E-state index is 0.135. The maximum absolute atomic E-state index is 11.3. The van der Waals surface area contributed by atoms with E-state index in [0.717, 1.165) is 13.1 Å². The Morgan fingerprint density at radius 1 is 1.36 bits per heavy atom. The van der Waals surface area contributed by atoms with Crippen molar-refractivity contribution < 1.29 is 9.53 Å². The van der Waals surface area contributed by atoms with E-state index in [2.05, 4.69) is 19.2 Å². The third kappa shape index (κ3) is 6.89. The topological polar surface area (TPSA) is 38.3 Å². The summed E-state index contributed by atoms with van der Waals surface area (Å²) < 4.78 is 5.09. The highest BCUT2D eigenvalue weighted by Crippen LogP contribution is 2.14. The largest absolute Gasteiger partial charge is 0.464 e. The predicted octanol–water partition coefficient (Wildman–Crippen LogP) is 1.82. The Morgan fingerprint density at radius 2 is 1.93 bits per heavy atom. The Hall–Kier alpha value is -0.570. The zero-order valence-electron chi connectivity index (χ0n) is 10.0. The molecule has 0 radical (unpaired) electrons. The predicted molar refractivity (Wildman–Crippen MR) is 58.1 cm³/mol. The minimum atomic E-state index is -0.391. The van der Waals surface area contributed by atoms with Gasteiger partial charge in [0.1, 0.15) is 6.61 Å². The van der Waals surface area contributed by atoms with E-state index in [1.807, 2.05) is 20.8 Å². The third-order valence-electron chi connectivity index (χ3n) is 1.68. The van der Waals surface area contributed by atoms with Gasteiger partial charge in [-0.1, -0.05) is 13.8 Å². The molecule has 0 spiro atoms. The number of hydrogen-bond donors (Lipinski definition) is 1. The molecule has 0 amide bonds. The fourth-order valence-corrected chi connectivity index (χ4v) is 0.823. The summed E-state index contributed by atoms with van der Waals surface area (Å²) in [5.41, 5.74) is -0.391. The zero-order chi connectivity index (χ0) is 11.2. The number of esters is 1. The Kier molecular flexibility index (Phi) is 5.77. The van der Waals surface area contributed by atoms with E-state index in [-0.39, 0.29) is 5.97 Å². The maximum atomic E-state index is 11.3. The monoisotopic (exact) mass is 201 g/mol. The number of rotatable bonds is 5. The van der Waals surface area contributed by atoms with Crippen LogP contribution in [0.15, 0.2) is 0 Å². The molecule has 14 heavy (non-hydrogen) atoms. The van der Waals surface area contributed by atoms with Crippen LogP contribution in [0.1, 0.15) is 34.6 Å². The van der Waals surface area contributed by atoms with Crippen LogP contribution in [0, 0.1) is 11.3 Å². The smallest absolute Gasteiger partial charge is 0.311 e. The summed E-state index contributed by atoms with van der Waals surface area (Å²) in [7, 11) is 0.